The van der Waals surface area contributed by atoms with Crippen LogP contribution in [-0.4, -0.2) is 54.1 Å². The van der Waals surface area contributed by atoms with Crippen LogP contribution in [0.2, 0.25) is 0 Å². The van der Waals surface area contributed by atoms with Gasteiger partial charge >= 0.3 is 0 Å². The van der Waals surface area contributed by atoms with Crippen LogP contribution in [0.5, 0.6) is 5.75 Å². The Bertz CT molecular complexity index is 444. The minimum Gasteiger partial charge on any atom is -0.491 e. The summed E-state index contributed by atoms with van der Waals surface area (Å²) in [6, 6.07) is 8.39. The molecule has 4 heteroatoms. The average Bonchev–Trinajstić information content (AvgIpc) is 2.53. The fourth-order valence-electron chi connectivity index (χ4n) is 3.20. The van der Waals surface area contributed by atoms with Gasteiger partial charge in [0, 0.05) is 19.2 Å². The van der Waals surface area contributed by atoms with Gasteiger partial charge in [-0.2, -0.15) is 0 Å². The van der Waals surface area contributed by atoms with Crippen molar-refractivity contribution < 1.29 is 14.9 Å². The van der Waals surface area contributed by atoms with Gasteiger partial charge in [-0.3, -0.25) is 0 Å². The molecular weight excluding hydrogens is 278 g/mol. The van der Waals surface area contributed by atoms with Gasteiger partial charge in [0.05, 0.1) is 0 Å². The second kappa shape index (κ2) is 8.51. The van der Waals surface area contributed by atoms with Crippen LogP contribution in [0.3, 0.4) is 0 Å². The van der Waals surface area contributed by atoms with Crippen molar-refractivity contribution in [1.82, 2.24) is 4.90 Å². The standard InChI is InChI=1S/C18H29NO3/c1-14-4-3-5-18(10-14)22-13-17(21)11-19(2)16-8-6-15(12-20)7-9-16/h3-5,10,15-17,20-21H,6-9,11-13H2,1-2H3. The van der Waals surface area contributed by atoms with Gasteiger partial charge in [-0.15, -0.1) is 0 Å². The van der Waals surface area contributed by atoms with Crippen molar-refractivity contribution in [2.75, 3.05) is 26.8 Å². The first-order valence-corrected chi connectivity index (χ1v) is 8.27. The van der Waals surface area contributed by atoms with E-state index in [4.69, 9.17) is 4.74 Å². The molecule has 1 aliphatic rings. The molecule has 0 radical (unpaired) electrons. The minimum absolute atomic E-state index is 0.309. The van der Waals surface area contributed by atoms with Gasteiger partial charge < -0.3 is 19.8 Å². The zero-order valence-corrected chi connectivity index (χ0v) is 13.7. The first-order valence-electron chi connectivity index (χ1n) is 8.27. The zero-order chi connectivity index (χ0) is 15.9. The van der Waals surface area contributed by atoms with E-state index in [1.807, 2.05) is 31.2 Å². The molecule has 0 aromatic heterocycles. The molecule has 2 N–H and O–H groups in total. The summed E-state index contributed by atoms with van der Waals surface area (Å²) in [7, 11) is 2.07. The highest BCUT2D eigenvalue weighted by atomic mass is 16.5. The molecule has 1 aromatic rings. The minimum atomic E-state index is -0.485. The molecule has 22 heavy (non-hydrogen) atoms. The number of rotatable bonds is 7. The van der Waals surface area contributed by atoms with E-state index in [0.717, 1.165) is 37.0 Å². The predicted molar refractivity (Wildman–Crippen MR) is 88.1 cm³/mol. The fourth-order valence-corrected chi connectivity index (χ4v) is 3.20. The van der Waals surface area contributed by atoms with E-state index >= 15 is 0 Å². The summed E-state index contributed by atoms with van der Waals surface area (Å²) in [5.74, 6) is 1.28. The molecule has 2 rings (SSSR count). The quantitative estimate of drug-likeness (QED) is 0.811. The molecule has 1 saturated carbocycles. The van der Waals surface area contributed by atoms with Crippen LogP contribution >= 0.6 is 0 Å². The van der Waals surface area contributed by atoms with Crippen LogP contribution in [0.25, 0.3) is 0 Å². The first-order chi connectivity index (χ1) is 10.6. The van der Waals surface area contributed by atoms with E-state index in [1.165, 1.54) is 0 Å². The van der Waals surface area contributed by atoms with Gasteiger partial charge in [0.25, 0.3) is 0 Å². The molecule has 0 saturated heterocycles. The van der Waals surface area contributed by atoms with Gasteiger partial charge in [0.1, 0.15) is 18.5 Å². The number of aliphatic hydroxyl groups excluding tert-OH is 2. The number of hydrogen-bond acceptors (Lipinski definition) is 4. The molecule has 1 aliphatic carbocycles. The van der Waals surface area contributed by atoms with E-state index in [0.29, 0.717) is 31.7 Å². The Morgan fingerprint density at radius 3 is 2.64 bits per heavy atom. The van der Waals surface area contributed by atoms with Crippen LogP contribution < -0.4 is 4.74 Å². The van der Waals surface area contributed by atoms with E-state index in [9.17, 15) is 10.2 Å². The first kappa shape index (κ1) is 17.3. The smallest absolute Gasteiger partial charge is 0.119 e. The highest BCUT2D eigenvalue weighted by molar-refractivity contribution is 5.27. The third kappa shape index (κ3) is 5.27. The molecule has 0 heterocycles. The molecule has 124 valence electrons. The molecule has 0 bridgehead atoms. The Kier molecular flexibility index (Phi) is 6.68. The normalized spacial score (nSPS) is 23.5. The van der Waals surface area contributed by atoms with Crippen LogP contribution in [0.1, 0.15) is 31.2 Å². The monoisotopic (exact) mass is 307 g/mol. The molecule has 1 unspecified atom stereocenters. The van der Waals surface area contributed by atoms with Crippen molar-refractivity contribution in [3.05, 3.63) is 29.8 Å². The number of aryl methyl sites for hydroxylation is 1. The predicted octanol–water partition coefficient (Wildman–Crippen LogP) is 2.22. The largest absolute Gasteiger partial charge is 0.491 e. The number of aliphatic hydroxyl groups is 2. The summed E-state index contributed by atoms with van der Waals surface area (Å²) in [5.41, 5.74) is 1.16. The lowest BCUT2D eigenvalue weighted by atomic mass is 9.86. The van der Waals surface area contributed by atoms with E-state index in [2.05, 4.69) is 11.9 Å². The van der Waals surface area contributed by atoms with Crippen LogP contribution in [0.4, 0.5) is 0 Å². The molecule has 0 spiro atoms. The third-order valence-electron chi connectivity index (χ3n) is 4.63. The Hall–Kier alpha value is -1.10. The van der Waals surface area contributed by atoms with Gasteiger partial charge in [-0.05, 0) is 63.3 Å². The van der Waals surface area contributed by atoms with Crippen molar-refractivity contribution in [3.8, 4) is 5.75 Å². The van der Waals surface area contributed by atoms with Crippen LogP contribution in [0.15, 0.2) is 24.3 Å². The number of nitrogens with zero attached hydrogens (tertiary/aromatic N) is 1. The van der Waals surface area contributed by atoms with Crippen molar-refractivity contribution in [1.29, 1.82) is 0 Å². The Labute approximate surface area is 133 Å². The maximum atomic E-state index is 10.2. The molecule has 1 atom stereocenters. The van der Waals surface area contributed by atoms with Crippen LogP contribution in [-0.2, 0) is 0 Å². The maximum absolute atomic E-state index is 10.2. The highest BCUT2D eigenvalue weighted by Crippen LogP contribution is 2.26. The highest BCUT2D eigenvalue weighted by Gasteiger charge is 2.24. The molecule has 1 fully saturated rings. The van der Waals surface area contributed by atoms with Gasteiger partial charge in [0.2, 0.25) is 0 Å². The number of ether oxygens (including phenoxy) is 1. The van der Waals surface area contributed by atoms with Crippen molar-refractivity contribution in [2.24, 2.45) is 5.92 Å². The molecular formula is C18H29NO3. The Morgan fingerprint density at radius 2 is 2.00 bits per heavy atom. The number of likely N-dealkylation sites (N-methyl/N-ethyl adjacent to an activating group) is 1. The lowest BCUT2D eigenvalue weighted by Gasteiger charge is -2.35. The van der Waals surface area contributed by atoms with Gasteiger partial charge in [-0.25, -0.2) is 0 Å². The van der Waals surface area contributed by atoms with Crippen LogP contribution in [0, 0.1) is 12.8 Å². The summed E-state index contributed by atoms with van der Waals surface area (Å²) in [6.07, 6.45) is 3.89. The summed E-state index contributed by atoms with van der Waals surface area (Å²) < 4.78 is 5.66. The number of benzene rings is 1. The topological polar surface area (TPSA) is 52.9 Å². The SMILES string of the molecule is Cc1cccc(OCC(O)CN(C)C2CCC(CO)CC2)c1. The van der Waals surface area contributed by atoms with Crippen molar-refractivity contribution in [3.63, 3.8) is 0 Å². The third-order valence-corrected chi connectivity index (χ3v) is 4.63. The lowest BCUT2D eigenvalue weighted by Crippen LogP contribution is -2.41. The van der Waals surface area contributed by atoms with E-state index in [-0.39, 0.29) is 0 Å². The molecule has 1 aromatic carbocycles. The number of hydrogen-bond donors (Lipinski definition) is 2. The van der Waals surface area contributed by atoms with E-state index in [1.54, 1.807) is 0 Å². The lowest BCUT2D eigenvalue weighted by molar-refractivity contribution is 0.0488. The van der Waals surface area contributed by atoms with Crippen molar-refractivity contribution in [2.45, 2.75) is 44.8 Å². The van der Waals surface area contributed by atoms with E-state index < -0.39 is 6.10 Å². The summed E-state index contributed by atoms with van der Waals surface area (Å²) >= 11 is 0. The van der Waals surface area contributed by atoms with Crippen molar-refractivity contribution >= 4 is 0 Å². The fraction of sp³-hybridized carbons (Fsp3) is 0.667. The maximum Gasteiger partial charge on any atom is 0.119 e. The molecule has 0 amide bonds. The summed E-state index contributed by atoms with van der Waals surface area (Å²) in [6.45, 7) is 3.28. The zero-order valence-electron chi connectivity index (χ0n) is 13.7. The second-order valence-electron chi connectivity index (χ2n) is 6.58. The molecule has 0 aliphatic heterocycles. The van der Waals surface area contributed by atoms with Gasteiger partial charge in [-0.1, -0.05) is 12.1 Å². The average molecular weight is 307 g/mol. The van der Waals surface area contributed by atoms with Gasteiger partial charge in [0.15, 0.2) is 0 Å². The summed E-state index contributed by atoms with van der Waals surface area (Å²) in [5, 5.41) is 19.4. The second-order valence-corrected chi connectivity index (χ2v) is 6.58. The molecule has 4 nitrogen and oxygen atoms in total. The Balaban J connectivity index is 1.71. The summed E-state index contributed by atoms with van der Waals surface area (Å²) in [4.78, 5) is 2.23. The Morgan fingerprint density at radius 1 is 1.27 bits per heavy atom.